The Morgan fingerprint density at radius 1 is 0.794 bits per heavy atom. The molecule has 166 valence electrons. The number of ether oxygens (including phenoxy) is 1. The Morgan fingerprint density at radius 3 is 2.32 bits per heavy atom. The van der Waals surface area contributed by atoms with E-state index in [0.717, 1.165) is 17.8 Å². The molecule has 4 aromatic carbocycles. The van der Waals surface area contributed by atoms with E-state index in [-0.39, 0.29) is 6.04 Å². The zero-order chi connectivity index (χ0) is 22.9. The highest BCUT2D eigenvalue weighted by Crippen LogP contribution is 2.45. The Balaban J connectivity index is 1.58. The van der Waals surface area contributed by atoms with Crippen LogP contribution in [0.5, 0.6) is 5.75 Å². The molecule has 1 aliphatic heterocycles. The number of benzene rings is 4. The fraction of sp³-hybridized carbons (Fsp3) is 0.0968. The minimum absolute atomic E-state index is 0.0683. The Hall–Kier alpha value is -4.24. The van der Waals surface area contributed by atoms with Gasteiger partial charge in [0.15, 0.2) is 0 Å². The summed E-state index contributed by atoms with van der Waals surface area (Å²) in [6.07, 6.45) is 4.50. The fourth-order valence-electron chi connectivity index (χ4n) is 5.06. The third-order valence-corrected chi connectivity index (χ3v) is 6.68. The molecule has 0 fully saturated rings. The molecule has 1 N–H and O–H groups in total. The average molecular weight is 443 g/mol. The topological polar surface area (TPSA) is 28.3 Å². The largest absolute Gasteiger partial charge is 0.497 e. The summed E-state index contributed by atoms with van der Waals surface area (Å²) in [5, 5.41) is 1.22. The van der Waals surface area contributed by atoms with Crippen molar-refractivity contribution in [2.75, 3.05) is 7.11 Å². The lowest BCUT2D eigenvalue weighted by molar-refractivity contribution is 0.328. The van der Waals surface area contributed by atoms with Gasteiger partial charge in [-0.2, -0.15) is 0 Å². The summed E-state index contributed by atoms with van der Waals surface area (Å²) >= 11 is 0. The molecule has 6 rings (SSSR count). The third kappa shape index (κ3) is 3.56. The van der Waals surface area contributed by atoms with Gasteiger partial charge >= 0.3 is 0 Å². The minimum Gasteiger partial charge on any atom is -0.497 e. The lowest BCUT2D eigenvalue weighted by Crippen LogP contribution is -2.31. The number of hydrogen-bond donors (Lipinski definition) is 1. The Labute approximate surface area is 199 Å². The second kappa shape index (κ2) is 8.60. The molecule has 1 unspecified atom stereocenters. The van der Waals surface area contributed by atoms with Crippen molar-refractivity contribution >= 4 is 22.7 Å². The smallest absolute Gasteiger partial charge is 0.120 e. The summed E-state index contributed by atoms with van der Waals surface area (Å²) in [5.41, 5.74) is 8.67. The van der Waals surface area contributed by atoms with Gasteiger partial charge in [-0.05, 0) is 40.5 Å². The van der Waals surface area contributed by atoms with Crippen LogP contribution in [0.25, 0.3) is 22.7 Å². The summed E-state index contributed by atoms with van der Waals surface area (Å²) in [7, 11) is 1.71. The highest BCUT2D eigenvalue weighted by atomic mass is 16.5. The van der Waals surface area contributed by atoms with Crippen molar-refractivity contribution in [3.63, 3.8) is 0 Å². The number of nitrogens with zero attached hydrogens (tertiary/aromatic N) is 1. The van der Waals surface area contributed by atoms with E-state index in [4.69, 9.17) is 4.74 Å². The van der Waals surface area contributed by atoms with Crippen molar-refractivity contribution in [3.8, 4) is 5.75 Å². The predicted molar refractivity (Wildman–Crippen MR) is 139 cm³/mol. The first-order chi connectivity index (χ1) is 16.8. The van der Waals surface area contributed by atoms with E-state index in [1.54, 1.807) is 7.11 Å². The Morgan fingerprint density at radius 2 is 1.53 bits per heavy atom. The lowest BCUT2D eigenvalue weighted by Gasteiger charge is -2.40. The van der Waals surface area contributed by atoms with Crippen LogP contribution in [0, 0.1) is 0 Å². The minimum atomic E-state index is 0.0683. The zero-order valence-corrected chi connectivity index (χ0v) is 19.1. The standard InChI is InChI=1S/C31H26N2O/c1-34-25-16-17-27-28(20-32-29(27)19-25)31-26-15-9-8-14-24(26)18-30(23-12-6-3-7-13-23)33(31)21-22-10-4-2-5-11-22/h2-20,31-32H,21H2,1H3. The SMILES string of the molecule is COc1ccc2c(C3c4ccccc4C=C(c4ccccc4)N3Cc3ccccc3)c[nH]c2c1. The molecule has 0 amide bonds. The van der Waals surface area contributed by atoms with E-state index in [1.807, 2.05) is 6.07 Å². The Bertz CT molecular complexity index is 1470. The maximum absolute atomic E-state index is 5.47. The van der Waals surface area contributed by atoms with Crippen LogP contribution in [0.4, 0.5) is 0 Å². The van der Waals surface area contributed by atoms with Gasteiger partial charge in [-0.3, -0.25) is 0 Å². The van der Waals surface area contributed by atoms with Gasteiger partial charge in [-0.1, -0.05) is 84.9 Å². The molecule has 34 heavy (non-hydrogen) atoms. The molecule has 5 aromatic rings. The van der Waals surface area contributed by atoms with Crippen LogP contribution in [0.3, 0.4) is 0 Å². The molecule has 0 bridgehead atoms. The summed E-state index contributed by atoms with van der Waals surface area (Å²) in [4.78, 5) is 6.05. The van der Waals surface area contributed by atoms with Gasteiger partial charge in [-0.25, -0.2) is 0 Å². The quantitative estimate of drug-likeness (QED) is 0.310. The maximum Gasteiger partial charge on any atom is 0.120 e. The number of aromatic nitrogens is 1. The molecule has 0 saturated carbocycles. The van der Waals surface area contributed by atoms with Crippen LogP contribution >= 0.6 is 0 Å². The lowest BCUT2D eigenvalue weighted by atomic mass is 9.87. The predicted octanol–water partition coefficient (Wildman–Crippen LogP) is 7.28. The summed E-state index contributed by atoms with van der Waals surface area (Å²) in [5.74, 6) is 0.857. The molecule has 0 aliphatic carbocycles. The number of aromatic amines is 1. The molecular weight excluding hydrogens is 416 g/mol. The van der Waals surface area contributed by atoms with E-state index in [1.165, 1.54) is 38.9 Å². The van der Waals surface area contributed by atoms with Crippen molar-refractivity contribution in [1.29, 1.82) is 0 Å². The molecular formula is C31H26N2O. The fourth-order valence-corrected chi connectivity index (χ4v) is 5.06. The number of fused-ring (bicyclic) bond motifs is 2. The van der Waals surface area contributed by atoms with Crippen molar-refractivity contribution in [3.05, 3.63) is 137 Å². The van der Waals surface area contributed by atoms with Crippen molar-refractivity contribution in [2.24, 2.45) is 0 Å². The van der Waals surface area contributed by atoms with Gasteiger partial charge in [0.2, 0.25) is 0 Å². The normalized spacial score (nSPS) is 15.1. The first-order valence-electron chi connectivity index (χ1n) is 11.6. The van der Waals surface area contributed by atoms with E-state index < -0.39 is 0 Å². The third-order valence-electron chi connectivity index (χ3n) is 6.68. The number of hydrogen-bond acceptors (Lipinski definition) is 2. The maximum atomic E-state index is 5.47. The molecule has 1 aromatic heterocycles. The van der Waals surface area contributed by atoms with Crippen molar-refractivity contribution in [1.82, 2.24) is 9.88 Å². The summed E-state index contributed by atoms with van der Waals surface area (Å²) in [6, 6.07) is 36.6. The number of methoxy groups -OCH3 is 1. The van der Waals surface area contributed by atoms with Crippen LogP contribution in [-0.2, 0) is 6.54 Å². The van der Waals surface area contributed by atoms with E-state index in [0.29, 0.717) is 0 Å². The zero-order valence-electron chi connectivity index (χ0n) is 19.1. The van der Waals surface area contributed by atoms with Gasteiger partial charge in [-0.15, -0.1) is 0 Å². The van der Waals surface area contributed by atoms with E-state index in [2.05, 4.69) is 119 Å². The van der Waals surface area contributed by atoms with Gasteiger partial charge < -0.3 is 14.6 Å². The van der Waals surface area contributed by atoms with Crippen molar-refractivity contribution < 1.29 is 4.74 Å². The number of rotatable bonds is 5. The highest BCUT2D eigenvalue weighted by molar-refractivity contribution is 5.89. The molecule has 0 spiro atoms. The Kier molecular flexibility index (Phi) is 5.15. The molecule has 0 radical (unpaired) electrons. The average Bonchev–Trinajstić information content (AvgIpc) is 3.32. The molecule has 1 atom stereocenters. The molecule has 1 aliphatic rings. The van der Waals surface area contributed by atoms with Crippen LogP contribution in [0.1, 0.15) is 33.9 Å². The van der Waals surface area contributed by atoms with Gasteiger partial charge in [0.25, 0.3) is 0 Å². The van der Waals surface area contributed by atoms with Gasteiger partial charge in [0.05, 0.1) is 13.2 Å². The second-order valence-electron chi connectivity index (χ2n) is 8.70. The van der Waals surface area contributed by atoms with Crippen LogP contribution in [0.2, 0.25) is 0 Å². The van der Waals surface area contributed by atoms with Gasteiger partial charge in [0.1, 0.15) is 5.75 Å². The van der Waals surface area contributed by atoms with Crippen LogP contribution < -0.4 is 4.74 Å². The van der Waals surface area contributed by atoms with Gasteiger partial charge in [0, 0.05) is 41.0 Å². The van der Waals surface area contributed by atoms with E-state index in [9.17, 15) is 0 Å². The number of nitrogens with one attached hydrogen (secondary N) is 1. The summed E-state index contributed by atoms with van der Waals surface area (Å²) in [6.45, 7) is 0.809. The molecule has 0 saturated heterocycles. The van der Waals surface area contributed by atoms with Crippen LogP contribution in [-0.4, -0.2) is 17.0 Å². The van der Waals surface area contributed by atoms with Crippen LogP contribution in [0.15, 0.2) is 109 Å². The number of H-pyrrole nitrogens is 1. The van der Waals surface area contributed by atoms with E-state index >= 15 is 0 Å². The second-order valence-corrected chi connectivity index (χ2v) is 8.70. The molecule has 3 heteroatoms. The van der Waals surface area contributed by atoms with Crippen molar-refractivity contribution in [2.45, 2.75) is 12.6 Å². The monoisotopic (exact) mass is 442 g/mol. The first kappa shape index (κ1) is 20.4. The molecule has 3 nitrogen and oxygen atoms in total. The molecule has 2 heterocycles. The first-order valence-corrected chi connectivity index (χ1v) is 11.6. The summed E-state index contributed by atoms with van der Waals surface area (Å²) < 4.78 is 5.47. The highest BCUT2D eigenvalue weighted by Gasteiger charge is 2.32.